The van der Waals surface area contributed by atoms with Gasteiger partial charge in [-0.25, -0.2) is 8.42 Å². The number of anilines is 2. The lowest BCUT2D eigenvalue weighted by atomic mass is 10.2. The van der Waals surface area contributed by atoms with Gasteiger partial charge in [0.2, 0.25) is 0 Å². The second-order valence-corrected chi connectivity index (χ2v) is 8.01. The van der Waals surface area contributed by atoms with Crippen molar-refractivity contribution in [1.82, 2.24) is 10.2 Å². The largest absolute Gasteiger partial charge is 0.354 e. The zero-order valence-electron chi connectivity index (χ0n) is 13.0. The number of nitrogens with one attached hydrogen (secondary N) is 1. The molecular formula is C16H16N4O2S2. The van der Waals surface area contributed by atoms with Crippen molar-refractivity contribution < 1.29 is 8.42 Å². The Bertz CT molecular complexity index is 880. The van der Waals surface area contributed by atoms with E-state index in [0.29, 0.717) is 12.4 Å². The summed E-state index contributed by atoms with van der Waals surface area (Å²) in [5.41, 5.74) is 1.16. The fourth-order valence-electron chi connectivity index (χ4n) is 2.13. The SMILES string of the molecule is CN(Cc1ccccc1)c1ccc(NS(=O)(=O)c2cccs2)nn1. The Morgan fingerprint density at radius 1 is 1.04 bits per heavy atom. The Morgan fingerprint density at radius 2 is 1.83 bits per heavy atom. The third kappa shape index (κ3) is 3.90. The number of benzene rings is 1. The third-order valence-electron chi connectivity index (χ3n) is 3.30. The van der Waals surface area contributed by atoms with Gasteiger partial charge in [0.25, 0.3) is 10.0 Å². The van der Waals surface area contributed by atoms with Gasteiger partial charge < -0.3 is 4.90 Å². The van der Waals surface area contributed by atoms with Gasteiger partial charge in [0.15, 0.2) is 11.6 Å². The molecule has 0 aliphatic carbocycles. The summed E-state index contributed by atoms with van der Waals surface area (Å²) >= 11 is 1.15. The minimum atomic E-state index is -3.60. The molecule has 2 heterocycles. The van der Waals surface area contributed by atoms with Crippen LogP contribution in [-0.4, -0.2) is 25.7 Å². The van der Waals surface area contributed by atoms with Crippen molar-refractivity contribution >= 4 is 33.0 Å². The van der Waals surface area contributed by atoms with Gasteiger partial charge in [-0.15, -0.1) is 21.5 Å². The zero-order valence-corrected chi connectivity index (χ0v) is 14.6. The molecule has 0 saturated carbocycles. The molecule has 0 radical (unpaired) electrons. The van der Waals surface area contributed by atoms with Gasteiger partial charge in [0.05, 0.1) is 0 Å². The number of sulfonamides is 1. The van der Waals surface area contributed by atoms with E-state index >= 15 is 0 Å². The number of aromatic nitrogens is 2. The topological polar surface area (TPSA) is 75.2 Å². The van der Waals surface area contributed by atoms with Crippen LogP contribution in [0.15, 0.2) is 64.2 Å². The Hall–Kier alpha value is -2.45. The number of thiophene rings is 1. The van der Waals surface area contributed by atoms with Crippen molar-refractivity contribution in [3.8, 4) is 0 Å². The molecule has 0 fully saturated rings. The van der Waals surface area contributed by atoms with E-state index < -0.39 is 10.0 Å². The summed E-state index contributed by atoms with van der Waals surface area (Å²) in [5, 5.41) is 9.76. The highest BCUT2D eigenvalue weighted by atomic mass is 32.2. The Morgan fingerprint density at radius 3 is 2.46 bits per heavy atom. The molecule has 0 spiro atoms. The maximum Gasteiger partial charge on any atom is 0.272 e. The standard InChI is InChI=1S/C16H16N4O2S2/c1-20(12-13-6-3-2-4-7-13)15-10-9-14(17-18-15)19-24(21,22)16-8-5-11-23-16/h2-11H,12H2,1H3,(H,17,19). The minimum Gasteiger partial charge on any atom is -0.354 e. The van der Waals surface area contributed by atoms with Gasteiger partial charge >= 0.3 is 0 Å². The van der Waals surface area contributed by atoms with E-state index in [1.165, 1.54) is 0 Å². The molecule has 24 heavy (non-hydrogen) atoms. The molecule has 1 aromatic carbocycles. The van der Waals surface area contributed by atoms with Crippen LogP contribution in [0.3, 0.4) is 0 Å². The van der Waals surface area contributed by atoms with Crippen molar-refractivity contribution in [3.63, 3.8) is 0 Å². The first-order valence-electron chi connectivity index (χ1n) is 7.20. The molecular weight excluding hydrogens is 344 g/mol. The van der Waals surface area contributed by atoms with E-state index in [2.05, 4.69) is 14.9 Å². The van der Waals surface area contributed by atoms with Crippen LogP contribution in [0, 0.1) is 0 Å². The summed E-state index contributed by atoms with van der Waals surface area (Å²) in [5.74, 6) is 0.859. The fourth-order valence-corrected chi connectivity index (χ4v) is 4.12. The highest BCUT2D eigenvalue weighted by Crippen LogP contribution is 2.20. The lowest BCUT2D eigenvalue weighted by molar-refractivity contribution is 0.603. The molecule has 3 aromatic rings. The summed E-state index contributed by atoms with van der Waals surface area (Å²) in [7, 11) is -1.69. The molecule has 1 N–H and O–H groups in total. The van der Waals surface area contributed by atoms with E-state index in [0.717, 1.165) is 16.9 Å². The van der Waals surface area contributed by atoms with E-state index in [9.17, 15) is 8.42 Å². The molecule has 6 nitrogen and oxygen atoms in total. The van der Waals surface area contributed by atoms with Crippen molar-refractivity contribution in [3.05, 3.63) is 65.5 Å². The Labute approximate surface area is 144 Å². The molecule has 0 bridgehead atoms. The Balaban J connectivity index is 1.69. The van der Waals surface area contributed by atoms with Crippen molar-refractivity contribution in [2.24, 2.45) is 0 Å². The van der Waals surface area contributed by atoms with Crippen LogP contribution in [-0.2, 0) is 16.6 Å². The minimum absolute atomic E-state index is 0.195. The van der Waals surface area contributed by atoms with E-state index in [1.807, 2.05) is 42.3 Å². The third-order valence-corrected chi connectivity index (χ3v) is 6.06. The van der Waals surface area contributed by atoms with Crippen LogP contribution in [0.4, 0.5) is 11.6 Å². The van der Waals surface area contributed by atoms with Crippen LogP contribution < -0.4 is 9.62 Å². The normalized spacial score (nSPS) is 11.2. The average Bonchev–Trinajstić information content (AvgIpc) is 3.11. The first-order chi connectivity index (χ1) is 11.5. The summed E-state index contributed by atoms with van der Waals surface area (Å²) in [6, 6.07) is 16.6. The van der Waals surface area contributed by atoms with Gasteiger partial charge in [0, 0.05) is 13.6 Å². The van der Waals surface area contributed by atoms with Crippen LogP contribution in [0.25, 0.3) is 0 Å². The molecule has 0 atom stereocenters. The van der Waals surface area contributed by atoms with E-state index in [-0.39, 0.29) is 10.0 Å². The average molecular weight is 360 g/mol. The van der Waals surface area contributed by atoms with Crippen molar-refractivity contribution in [2.75, 3.05) is 16.7 Å². The van der Waals surface area contributed by atoms with Gasteiger partial charge in [-0.3, -0.25) is 4.72 Å². The second-order valence-electron chi connectivity index (χ2n) is 5.16. The monoisotopic (exact) mass is 360 g/mol. The number of hydrogen-bond donors (Lipinski definition) is 1. The van der Waals surface area contributed by atoms with Gasteiger partial charge in [-0.2, -0.15) is 0 Å². The zero-order chi connectivity index (χ0) is 17.0. The summed E-state index contributed by atoms with van der Waals surface area (Å²) in [4.78, 5) is 1.94. The summed E-state index contributed by atoms with van der Waals surface area (Å²) in [6.45, 7) is 0.690. The highest BCUT2D eigenvalue weighted by Gasteiger charge is 2.16. The highest BCUT2D eigenvalue weighted by molar-refractivity contribution is 7.94. The van der Waals surface area contributed by atoms with E-state index in [4.69, 9.17) is 0 Å². The number of nitrogens with zero attached hydrogens (tertiary/aromatic N) is 3. The first kappa shape index (κ1) is 16.4. The van der Waals surface area contributed by atoms with Crippen LogP contribution in [0.2, 0.25) is 0 Å². The maximum absolute atomic E-state index is 12.1. The molecule has 0 aliphatic heterocycles. The maximum atomic E-state index is 12.1. The predicted octanol–water partition coefficient (Wildman–Crippen LogP) is 2.98. The lowest BCUT2D eigenvalue weighted by Crippen LogP contribution is -2.19. The lowest BCUT2D eigenvalue weighted by Gasteiger charge is -2.17. The molecule has 3 rings (SSSR count). The molecule has 2 aromatic heterocycles. The van der Waals surface area contributed by atoms with Gasteiger partial charge in [-0.1, -0.05) is 36.4 Å². The van der Waals surface area contributed by atoms with Crippen LogP contribution in [0.1, 0.15) is 5.56 Å². The number of hydrogen-bond acceptors (Lipinski definition) is 6. The quantitative estimate of drug-likeness (QED) is 0.731. The van der Waals surface area contributed by atoms with Crippen molar-refractivity contribution in [2.45, 2.75) is 10.8 Å². The molecule has 0 amide bonds. The van der Waals surface area contributed by atoms with Crippen LogP contribution in [0.5, 0.6) is 0 Å². The molecule has 0 unspecified atom stereocenters. The van der Waals surface area contributed by atoms with Gasteiger partial charge in [-0.05, 0) is 29.1 Å². The summed E-state index contributed by atoms with van der Waals surface area (Å²) < 4.78 is 27.0. The Kier molecular flexibility index (Phi) is 4.77. The van der Waals surface area contributed by atoms with Crippen LogP contribution >= 0.6 is 11.3 Å². The fraction of sp³-hybridized carbons (Fsp3) is 0.125. The second kappa shape index (κ2) is 6.98. The smallest absolute Gasteiger partial charge is 0.272 e. The van der Waals surface area contributed by atoms with Crippen molar-refractivity contribution in [1.29, 1.82) is 0 Å². The molecule has 0 saturated heterocycles. The predicted molar refractivity (Wildman–Crippen MR) is 95.7 cm³/mol. The molecule has 8 heteroatoms. The molecule has 124 valence electrons. The van der Waals surface area contributed by atoms with E-state index in [1.54, 1.807) is 29.6 Å². The molecule has 0 aliphatic rings. The van der Waals surface area contributed by atoms with Gasteiger partial charge in [0.1, 0.15) is 4.21 Å². The first-order valence-corrected chi connectivity index (χ1v) is 9.56. The summed E-state index contributed by atoms with van der Waals surface area (Å²) in [6.07, 6.45) is 0. The number of rotatable bonds is 6.